The summed E-state index contributed by atoms with van der Waals surface area (Å²) in [6, 6.07) is 14.2. The van der Waals surface area contributed by atoms with Crippen molar-refractivity contribution in [3.8, 4) is 17.2 Å². The molecule has 0 saturated heterocycles. The van der Waals surface area contributed by atoms with Crippen LogP contribution >= 0.6 is 39.1 Å². The quantitative estimate of drug-likeness (QED) is 0.175. The number of amides is 1. The highest BCUT2D eigenvalue weighted by atomic mass is 79.9. The average Bonchev–Trinajstić information content (AvgIpc) is 2.81. The topological polar surface area (TPSA) is 86.2 Å². The Kier molecular flexibility index (Phi) is 8.32. The van der Waals surface area contributed by atoms with Crippen molar-refractivity contribution in [1.82, 2.24) is 5.43 Å². The van der Waals surface area contributed by atoms with Gasteiger partial charge in [-0.25, -0.2) is 10.2 Å². The first-order valence-corrected chi connectivity index (χ1v) is 10.9. The second kappa shape index (κ2) is 11.2. The van der Waals surface area contributed by atoms with E-state index in [1.54, 1.807) is 30.3 Å². The van der Waals surface area contributed by atoms with E-state index in [0.29, 0.717) is 22.1 Å². The van der Waals surface area contributed by atoms with Crippen molar-refractivity contribution in [1.29, 1.82) is 0 Å². The lowest BCUT2D eigenvalue weighted by Gasteiger charge is -2.11. The van der Waals surface area contributed by atoms with Crippen molar-refractivity contribution in [3.05, 3.63) is 85.8 Å². The summed E-state index contributed by atoms with van der Waals surface area (Å²) in [6.07, 6.45) is 1.36. The highest BCUT2D eigenvalue weighted by Crippen LogP contribution is 2.29. The largest absolute Gasteiger partial charge is 0.493 e. The minimum Gasteiger partial charge on any atom is -0.493 e. The van der Waals surface area contributed by atoms with Gasteiger partial charge in [0.1, 0.15) is 5.75 Å². The third-order valence-corrected chi connectivity index (χ3v) is 5.58. The summed E-state index contributed by atoms with van der Waals surface area (Å²) < 4.78 is 16.7. The Balaban J connectivity index is 1.76. The van der Waals surface area contributed by atoms with Gasteiger partial charge in [0.25, 0.3) is 5.91 Å². The van der Waals surface area contributed by atoms with E-state index in [4.69, 9.17) is 37.4 Å². The standard InChI is InChI=1S/C23H17BrCl2N2O5/c1-31-20-7-4-14(11-21(20)32-2)23(30)33-19-8-5-16(24)9-15(19)12-27-28-22(29)13-3-6-17(25)18(26)10-13/h3-12H,1-2H3,(H,28,29)/b27-12-. The summed E-state index contributed by atoms with van der Waals surface area (Å²) in [5.74, 6) is 0.0414. The van der Waals surface area contributed by atoms with Crippen molar-refractivity contribution in [3.63, 3.8) is 0 Å². The maximum absolute atomic E-state index is 12.7. The van der Waals surface area contributed by atoms with E-state index >= 15 is 0 Å². The van der Waals surface area contributed by atoms with Crippen LogP contribution in [0.15, 0.2) is 64.2 Å². The zero-order valence-corrected chi connectivity index (χ0v) is 20.5. The number of methoxy groups -OCH3 is 2. The molecule has 10 heteroatoms. The van der Waals surface area contributed by atoms with Crippen LogP contribution in [0, 0.1) is 0 Å². The number of carbonyl (C=O) groups excluding carboxylic acids is 2. The van der Waals surface area contributed by atoms with Gasteiger partial charge in [-0.1, -0.05) is 39.1 Å². The number of halogens is 3. The molecule has 0 aromatic heterocycles. The molecule has 7 nitrogen and oxygen atoms in total. The highest BCUT2D eigenvalue weighted by Gasteiger charge is 2.15. The molecule has 0 saturated carbocycles. The van der Waals surface area contributed by atoms with Gasteiger partial charge in [-0.3, -0.25) is 4.79 Å². The molecule has 0 spiro atoms. The third kappa shape index (κ3) is 6.25. The molecule has 0 heterocycles. The van der Waals surface area contributed by atoms with Gasteiger partial charge in [0.2, 0.25) is 0 Å². The first kappa shape index (κ1) is 24.6. The number of hydrazone groups is 1. The van der Waals surface area contributed by atoms with E-state index in [0.717, 1.165) is 4.47 Å². The summed E-state index contributed by atoms with van der Waals surface area (Å²) in [7, 11) is 2.98. The molecule has 0 unspecified atom stereocenters. The van der Waals surface area contributed by atoms with Crippen molar-refractivity contribution < 1.29 is 23.8 Å². The molecular formula is C23H17BrCl2N2O5. The lowest BCUT2D eigenvalue weighted by Crippen LogP contribution is -2.17. The van der Waals surface area contributed by atoms with Crippen molar-refractivity contribution in [2.75, 3.05) is 14.2 Å². The summed E-state index contributed by atoms with van der Waals surface area (Å²) in [5.41, 5.74) is 3.41. The number of nitrogens with zero attached hydrogens (tertiary/aromatic N) is 1. The van der Waals surface area contributed by atoms with E-state index in [2.05, 4.69) is 26.5 Å². The van der Waals surface area contributed by atoms with E-state index < -0.39 is 11.9 Å². The Morgan fingerprint density at radius 1 is 0.879 bits per heavy atom. The molecule has 0 bridgehead atoms. The zero-order chi connectivity index (χ0) is 24.0. The lowest BCUT2D eigenvalue weighted by atomic mass is 10.2. The molecule has 3 aromatic rings. The Labute approximate surface area is 208 Å². The monoisotopic (exact) mass is 550 g/mol. The molecule has 0 atom stereocenters. The number of benzene rings is 3. The zero-order valence-electron chi connectivity index (χ0n) is 17.4. The first-order chi connectivity index (χ1) is 15.8. The van der Waals surface area contributed by atoms with Gasteiger partial charge in [0, 0.05) is 15.6 Å². The van der Waals surface area contributed by atoms with E-state index in [9.17, 15) is 9.59 Å². The van der Waals surface area contributed by atoms with Gasteiger partial charge in [-0.2, -0.15) is 5.10 Å². The normalized spacial score (nSPS) is 10.7. The molecule has 0 radical (unpaired) electrons. The third-order valence-electron chi connectivity index (χ3n) is 4.35. The maximum atomic E-state index is 12.7. The molecule has 33 heavy (non-hydrogen) atoms. The molecule has 0 aliphatic carbocycles. The smallest absolute Gasteiger partial charge is 0.343 e. The van der Waals surface area contributed by atoms with Crippen LogP contribution < -0.4 is 19.6 Å². The number of hydrogen-bond donors (Lipinski definition) is 1. The summed E-state index contributed by atoms with van der Waals surface area (Å²) >= 11 is 15.2. The number of nitrogens with one attached hydrogen (secondary N) is 1. The van der Waals surface area contributed by atoms with Crippen LogP contribution in [0.25, 0.3) is 0 Å². The number of ether oxygens (including phenoxy) is 3. The molecule has 0 aliphatic heterocycles. The first-order valence-electron chi connectivity index (χ1n) is 9.34. The fourth-order valence-electron chi connectivity index (χ4n) is 2.70. The summed E-state index contributed by atoms with van der Waals surface area (Å²) in [4.78, 5) is 25.0. The average molecular weight is 552 g/mol. The molecular weight excluding hydrogens is 535 g/mol. The van der Waals surface area contributed by atoms with Crippen LogP contribution in [0.5, 0.6) is 17.2 Å². The predicted octanol–water partition coefficient (Wildman–Crippen LogP) is 5.76. The molecule has 3 rings (SSSR count). The SMILES string of the molecule is COc1ccc(C(=O)Oc2ccc(Br)cc2/C=N\NC(=O)c2ccc(Cl)c(Cl)c2)cc1OC. The number of rotatable bonds is 7. The second-order valence-electron chi connectivity index (χ2n) is 6.47. The van der Waals surface area contributed by atoms with E-state index in [1.165, 1.54) is 44.7 Å². The molecule has 1 amide bonds. The van der Waals surface area contributed by atoms with Gasteiger partial charge in [-0.15, -0.1) is 0 Å². The minimum absolute atomic E-state index is 0.241. The summed E-state index contributed by atoms with van der Waals surface area (Å²) in [5, 5.41) is 4.55. The van der Waals surface area contributed by atoms with Crippen LogP contribution in [-0.2, 0) is 0 Å². The van der Waals surface area contributed by atoms with Gasteiger partial charge >= 0.3 is 5.97 Å². The lowest BCUT2D eigenvalue weighted by molar-refractivity contribution is 0.0733. The molecule has 0 aliphatic rings. The number of hydrogen-bond acceptors (Lipinski definition) is 6. The second-order valence-corrected chi connectivity index (χ2v) is 8.20. The van der Waals surface area contributed by atoms with Crippen molar-refractivity contribution in [2.45, 2.75) is 0 Å². The maximum Gasteiger partial charge on any atom is 0.343 e. The number of esters is 1. The van der Waals surface area contributed by atoms with Gasteiger partial charge < -0.3 is 14.2 Å². The Morgan fingerprint density at radius 2 is 1.58 bits per heavy atom. The van der Waals surface area contributed by atoms with Crippen LogP contribution in [0.4, 0.5) is 0 Å². The molecule has 3 aromatic carbocycles. The minimum atomic E-state index is -0.604. The molecule has 1 N–H and O–H groups in total. The number of carbonyl (C=O) groups is 2. The van der Waals surface area contributed by atoms with Crippen LogP contribution in [-0.4, -0.2) is 32.3 Å². The Hall–Kier alpha value is -3.07. The van der Waals surface area contributed by atoms with Gasteiger partial charge in [-0.05, 0) is 54.6 Å². The van der Waals surface area contributed by atoms with Crippen LogP contribution in [0.3, 0.4) is 0 Å². The van der Waals surface area contributed by atoms with E-state index in [1.807, 2.05) is 0 Å². The van der Waals surface area contributed by atoms with E-state index in [-0.39, 0.29) is 21.9 Å². The predicted molar refractivity (Wildman–Crippen MR) is 130 cm³/mol. The fourth-order valence-corrected chi connectivity index (χ4v) is 3.37. The van der Waals surface area contributed by atoms with Crippen molar-refractivity contribution in [2.24, 2.45) is 5.10 Å². The van der Waals surface area contributed by atoms with Crippen LogP contribution in [0.1, 0.15) is 26.3 Å². The molecule has 170 valence electrons. The van der Waals surface area contributed by atoms with Crippen molar-refractivity contribution >= 4 is 57.2 Å². The summed E-state index contributed by atoms with van der Waals surface area (Å²) in [6.45, 7) is 0. The Morgan fingerprint density at radius 3 is 2.27 bits per heavy atom. The van der Waals surface area contributed by atoms with Gasteiger partial charge in [0.05, 0.1) is 36.0 Å². The highest BCUT2D eigenvalue weighted by molar-refractivity contribution is 9.10. The van der Waals surface area contributed by atoms with Gasteiger partial charge in [0.15, 0.2) is 11.5 Å². The molecule has 0 fully saturated rings. The fraction of sp³-hybridized carbons (Fsp3) is 0.0870. The Bertz CT molecular complexity index is 1230. The van der Waals surface area contributed by atoms with Crippen LogP contribution in [0.2, 0.25) is 10.0 Å².